The quantitative estimate of drug-likeness (QED) is 0.906. The van der Waals surface area contributed by atoms with E-state index in [0.717, 1.165) is 12.1 Å². The van der Waals surface area contributed by atoms with Gasteiger partial charge in [0.25, 0.3) is 0 Å². The van der Waals surface area contributed by atoms with Crippen molar-refractivity contribution in [2.75, 3.05) is 13.1 Å². The summed E-state index contributed by atoms with van der Waals surface area (Å²) in [5.41, 5.74) is 7.86. The van der Waals surface area contributed by atoms with Crippen LogP contribution in [0.25, 0.3) is 0 Å². The van der Waals surface area contributed by atoms with Gasteiger partial charge in [-0.2, -0.15) is 0 Å². The highest BCUT2D eigenvalue weighted by Gasteiger charge is 2.25. The molecule has 1 fully saturated rings. The second-order valence-electron chi connectivity index (χ2n) is 5.70. The topological polar surface area (TPSA) is 29.3 Å². The fourth-order valence-corrected chi connectivity index (χ4v) is 3.10. The number of rotatable bonds is 3. The van der Waals surface area contributed by atoms with E-state index in [4.69, 9.17) is 5.73 Å². The molecule has 0 saturated carbocycles. The predicted octanol–water partition coefficient (Wildman–Crippen LogP) is 3.40. The number of likely N-dealkylation sites (tertiary alicyclic amines) is 1. The highest BCUT2D eigenvalue weighted by atomic mass is 19.1. The molecule has 2 N–H and O–H groups in total. The first-order chi connectivity index (χ1) is 9.13. The van der Waals surface area contributed by atoms with Crippen molar-refractivity contribution in [3.05, 3.63) is 35.1 Å². The van der Waals surface area contributed by atoms with E-state index in [1.807, 2.05) is 19.1 Å². The Morgan fingerprint density at radius 3 is 2.84 bits per heavy atom. The normalized spacial score (nSPS) is 23.1. The molecule has 2 unspecified atom stereocenters. The Balaban J connectivity index is 2.24. The van der Waals surface area contributed by atoms with Gasteiger partial charge in [-0.15, -0.1) is 0 Å². The van der Waals surface area contributed by atoms with Crippen molar-refractivity contribution in [1.82, 2.24) is 4.90 Å². The maximum atomic E-state index is 13.4. The van der Waals surface area contributed by atoms with E-state index in [1.54, 1.807) is 6.07 Å². The van der Waals surface area contributed by atoms with Gasteiger partial charge in [0.05, 0.1) is 0 Å². The molecule has 2 atom stereocenters. The molecule has 19 heavy (non-hydrogen) atoms. The second-order valence-corrected chi connectivity index (χ2v) is 5.70. The van der Waals surface area contributed by atoms with Crippen molar-refractivity contribution < 1.29 is 4.39 Å². The summed E-state index contributed by atoms with van der Waals surface area (Å²) >= 11 is 0. The summed E-state index contributed by atoms with van der Waals surface area (Å²) in [5.74, 6) is -0.136. The third kappa shape index (κ3) is 3.34. The van der Waals surface area contributed by atoms with Gasteiger partial charge in [-0.25, -0.2) is 4.39 Å². The zero-order valence-corrected chi connectivity index (χ0v) is 12.0. The molecule has 0 bridgehead atoms. The van der Waals surface area contributed by atoms with Gasteiger partial charge in [0.2, 0.25) is 0 Å². The van der Waals surface area contributed by atoms with Gasteiger partial charge in [0.1, 0.15) is 5.82 Å². The molecule has 3 heteroatoms. The van der Waals surface area contributed by atoms with Gasteiger partial charge in [0.15, 0.2) is 0 Å². The number of nitrogens with zero attached hydrogens (tertiary/aromatic N) is 1. The number of hydrogen-bond acceptors (Lipinski definition) is 2. The highest BCUT2D eigenvalue weighted by molar-refractivity contribution is 5.27. The standard InChI is InChI=1S/C16H25FN2/c1-12-10-14(7-8-15(12)17)16(11-18)19-9-5-3-4-6-13(19)2/h7-8,10,13,16H,3-6,9,11,18H2,1-2H3. The van der Waals surface area contributed by atoms with Gasteiger partial charge < -0.3 is 5.73 Å². The van der Waals surface area contributed by atoms with Crippen LogP contribution in [-0.2, 0) is 0 Å². The van der Waals surface area contributed by atoms with E-state index in [0.29, 0.717) is 18.2 Å². The van der Waals surface area contributed by atoms with Crippen LogP contribution in [0.2, 0.25) is 0 Å². The predicted molar refractivity (Wildman–Crippen MR) is 77.6 cm³/mol. The van der Waals surface area contributed by atoms with Crippen LogP contribution in [0.15, 0.2) is 18.2 Å². The fourth-order valence-electron chi connectivity index (χ4n) is 3.10. The number of hydrogen-bond donors (Lipinski definition) is 1. The Kier molecular flexibility index (Phi) is 4.94. The number of aryl methyl sites for hydroxylation is 1. The van der Waals surface area contributed by atoms with Crippen LogP contribution in [0.3, 0.4) is 0 Å². The molecule has 0 aromatic heterocycles. The maximum absolute atomic E-state index is 13.4. The van der Waals surface area contributed by atoms with Crippen molar-refractivity contribution in [3.63, 3.8) is 0 Å². The second kappa shape index (κ2) is 6.49. The minimum Gasteiger partial charge on any atom is -0.329 e. The molecule has 0 spiro atoms. The van der Waals surface area contributed by atoms with E-state index < -0.39 is 0 Å². The number of benzene rings is 1. The smallest absolute Gasteiger partial charge is 0.126 e. The minimum atomic E-state index is -0.136. The van der Waals surface area contributed by atoms with Crippen LogP contribution in [-0.4, -0.2) is 24.0 Å². The van der Waals surface area contributed by atoms with Crippen molar-refractivity contribution >= 4 is 0 Å². The minimum absolute atomic E-state index is 0.136. The van der Waals surface area contributed by atoms with Crippen molar-refractivity contribution in [2.45, 2.75) is 51.6 Å². The van der Waals surface area contributed by atoms with Crippen LogP contribution < -0.4 is 5.73 Å². The summed E-state index contributed by atoms with van der Waals surface area (Å²) in [7, 11) is 0. The van der Waals surface area contributed by atoms with Gasteiger partial charge in [0, 0.05) is 18.6 Å². The van der Waals surface area contributed by atoms with Gasteiger partial charge in [-0.1, -0.05) is 25.0 Å². The summed E-state index contributed by atoms with van der Waals surface area (Å²) in [5, 5.41) is 0. The van der Waals surface area contributed by atoms with Gasteiger partial charge >= 0.3 is 0 Å². The lowest BCUT2D eigenvalue weighted by molar-refractivity contribution is 0.150. The van der Waals surface area contributed by atoms with Crippen molar-refractivity contribution in [1.29, 1.82) is 0 Å². The maximum Gasteiger partial charge on any atom is 0.126 e. The lowest BCUT2D eigenvalue weighted by Gasteiger charge is -2.35. The average Bonchev–Trinajstić information content (AvgIpc) is 2.60. The molecule has 2 nitrogen and oxygen atoms in total. The largest absolute Gasteiger partial charge is 0.329 e. The first kappa shape index (κ1) is 14.5. The third-order valence-electron chi connectivity index (χ3n) is 4.29. The molecular formula is C16H25FN2. The summed E-state index contributed by atoms with van der Waals surface area (Å²) in [6.45, 7) is 5.79. The van der Waals surface area contributed by atoms with Crippen LogP contribution >= 0.6 is 0 Å². The zero-order valence-electron chi connectivity index (χ0n) is 12.0. The zero-order chi connectivity index (χ0) is 13.8. The summed E-state index contributed by atoms with van der Waals surface area (Å²) in [6.07, 6.45) is 5.08. The number of halogens is 1. The van der Waals surface area contributed by atoms with E-state index in [1.165, 1.54) is 25.7 Å². The van der Waals surface area contributed by atoms with Crippen molar-refractivity contribution in [3.8, 4) is 0 Å². The first-order valence-corrected chi connectivity index (χ1v) is 7.35. The molecular weight excluding hydrogens is 239 g/mol. The molecule has 0 aliphatic carbocycles. The van der Waals surface area contributed by atoms with E-state index in [-0.39, 0.29) is 11.9 Å². The average molecular weight is 264 g/mol. The monoisotopic (exact) mass is 264 g/mol. The van der Waals surface area contributed by atoms with E-state index >= 15 is 0 Å². The lowest BCUT2D eigenvalue weighted by atomic mass is 10.0. The Hall–Kier alpha value is -0.930. The summed E-state index contributed by atoms with van der Waals surface area (Å²) < 4.78 is 13.4. The molecule has 0 amide bonds. The van der Waals surface area contributed by atoms with E-state index in [2.05, 4.69) is 11.8 Å². The molecule has 0 radical (unpaired) electrons. The van der Waals surface area contributed by atoms with Crippen molar-refractivity contribution in [2.24, 2.45) is 5.73 Å². The Bertz CT molecular complexity index is 419. The SMILES string of the molecule is Cc1cc(C(CN)N2CCCCCC2C)ccc1F. The van der Waals surface area contributed by atoms with Crippen LogP contribution in [0.5, 0.6) is 0 Å². The molecule has 1 saturated heterocycles. The molecule has 1 aliphatic rings. The van der Waals surface area contributed by atoms with E-state index in [9.17, 15) is 4.39 Å². The van der Waals surface area contributed by atoms with Crippen LogP contribution in [0, 0.1) is 12.7 Å². The Morgan fingerprint density at radius 2 is 2.16 bits per heavy atom. The third-order valence-corrected chi connectivity index (χ3v) is 4.29. The highest BCUT2D eigenvalue weighted by Crippen LogP contribution is 2.28. The molecule has 1 aromatic carbocycles. The molecule has 1 aliphatic heterocycles. The lowest BCUT2D eigenvalue weighted by Crippen LogP contribution is -2.39. The molecule has 106 valence electrons. The molecule has 1 aromatic rings. The Labute approximate surface area is 115 Å². The molecule has 1 heterocycles. The van der Waals surface area contributed by atoms with Gasteiger partial charge in [-0.3, -0.25) is 4.90 Å². The summed E-state index contributed by atoms with van der Waals surface area (Å²) in [6, 6.07) is 6.17. The number of nitrogens with two attached hydrogens (primary N) is 1. The Morgan fingerprint density at radius 1 is 1.37 bits per heavy atom. The van der Waals surface area contributed by atoms with Gasteiger partial charge in [-0.05, 0) is 50.4 Å². The summed E-state index contributed by atoms with van der Waals surface area (Å²) in [4.78, 5) is 2.50. The van der Waals surface area contributed by atoms with Crippen LogP contribution in [0.4, 0.5) is 4.39 Å². The first-order valence-electron chi connectivity index (χ1n) is 7.35. The molecule has 2 rings (SSSR count). The van der Waals surface area contributed by atoms with Crippen LogP contribution in [0.1, 0.15) is 49.8 Å². The fraction of sp³-hybridized carbons (Fsp3) is 0.625.